The Morgan fingerprint density at radius 2 is 1.79 bits per heavy atom. The summed E-state index contributed by atoms with van der Waals surface area (Å²) in [5, 5.41) is 7.21. The summed E-state index contributed by atoms with van der Waals surface area (Å²) in [7, 11) is 3.97. The standard InChI is InChI=1S/C20H20N2OS/c1-22(2)18-9-7-15(8-10-18)20(23)21-13-16-5-3-4-6-19(16)17-11-12-24-14-17/h3-12,14H,13H2,1-2H3,(H,21,23). The predicted molar refractivity (Wildman–Crippen MR) is 102 cm³/mol. The first-order valence-electron chi connectivity index (χ1n) is 7.81. The largest absolute Gasteiger partial charge is 0.378 e. The average molecular weight is 336 g/mol. The number of hydrogen-bond donors (Lipinski definition) is 1. The second-order valence-corrected chi connectivity index (χ2v) is 6.57. The van der Waals surface area contributed by atoms with Crippen molar-refractivity contribution >= 4 is 22.9 Å². The Balaban J connectivity index is 1.71. The van der Waals surface area contributed by atoms with Gasteiger partial charge in [0.05, 0.1) is 0 Å². The van der Waals surface area contributed by atoms with Crippen molar-refractivity contribution in [2.75, 3.05) is 19.0 Å². The molecule has 3 aromatic rings. The Kier molecular flexibility index (Phi) is 4.96. The summed E-state index contributed by atoms with van der Waals surface area (Å²) in [4.78, 5) is 14.4. The van der Waals surface area contributed by atoms with E-state index in [2.05, 4.69) is 34.3 Å². The molecule has 0 radical (unpaired) electrons. The van der Waals surface area contributed by atoms with Gasteiger partial charge in [-0.25, -0.2) is 0 Å². The quantitative estimate of drug-likeness (QED) is 0.748. The summed E-state index contributed by atoms with van der Waals surface area (Å²) in [5.74, 6) is -0.0552. The molecular weight excluding hydrogens is 316 g/mol. The molecule has 0 aliphatic rings. The number of carbonyl (C=O) groups excluding carboxylic acids is 1. The average Bonchev–Trinajstić information content (AvgIpc) is 3.14. The molecule has 1 heterocycles. The number of anilines is 1. The van der Waals surface area contributed by atoms with Crippen LogP contribution in [0.1, 0.15) is 15.9 Å². The highest BCUT2D eigenvalue weighted by molar-refractivity contribution is 7.08. The monoisotopic (exact) mass is 336 g/mol. The van der Waals surface area contributed by atoms with Crippen LogP contribution in [0, 0.1) is 0 Å². The van der Waals surface area contributed by atoms with Crippen molar-refractivity contribution in [1.82, 2.24) is 5.32 Å². The van der Waals surface area contributed by atoms with Gasteiger partial charge in [-0.15, -0.1) is 0 Å². The van der Waals surface area contributed by atoms with E-state index in [1.54, 1.807) is 11.3 Å². The zero-order valence-electron chi connectivity index (χ0n) is 13.8. The van der Waals surface area contributed by atoms with Crippen molar-refractivity contribution in [2.45, 2.75) is 6.54 Å². The van der Waals surface area contributed by atoms with Gasteiger partial charge in [-0.3, -0.25) is 4.79 Å². The molecule has 1 amide bonds. The van der Waals surface area contributed by atoms with Gasteiger partial charge >= 0.3 is 0 Å². The number of benzene rings is 2. The first-order chi connectivity index (χ1) is 11.6. The van der Waals surface area contributed by atoms with Crippen molar-refractivity contribution < 1.29 is 4.79 Å². The Morgan fingerprint density at radius 3 is 2.46 bits per heavy atom. The molecule has 1 N–H and O–H groups in total. The molecule has 0 saturated heterocycles. The molecule has 2 aromatic carbocycles. The molecule has 0 fully saturated rings. The van der Waals surface area contributed by atoms with Gasteiger partial charge in [-0.05, 0) is 57.8 Å². The molecule has 4 heteroatoms. The van der Waals surface area contributed by atoms with Crippen LogP contribution < -0.4 is 10.2 Å². The van der Waals surface area contributed by atoms with E-state index in [-0.39, 0.29) is 5.91 Å². The minimum Gasteiger partial charge on any atom is -0.378 e. The van der Waals surface area contributed by atoms with Crippen molar-refractivity contribution in [2.24, 2.45) is 0 Å². The molecular formula is C20H20N2OS. The van der Waals surface area contributed by atoms with E-state index in [0.29, 0.717) is 12.1 Å². The SMILES string of the molecule is CN(C)c1ccc(C(=O)NCc2ccccc2-c2ccsc2)cc1. The third kappa shape index (κ3) is 3.66. The van der Waals surface area contributed by atoms with E-state index in [4.69, 9.17) is 0 Å². The fraction of sp³-hybridized carbons (Fsp3) is 0.150. The van der Waals surface area contributed by atoms with Crippen molar-refractivity contribution in [3.05, 3.63) is 76.5 Å². The molecule has 0 aliphatic heterocycles. The molecule has 0 bridgehead atoms. The minimum absolute atomic E-state index is 0.0552. The second-order valence-electron chi connectivity index (χ2n) is 5.79. The first kappa shape index (κ1) is 16.3. The van der Waals surface area contributed by atoms with Gasteiger partial charge in [0.2, 0.25) is 0 Å². The highest BCUT2D eigenvalue weighted by Gasteiger charge is 2.09. The summed E-state index contributed by atoms with van der Waals surface area (Å²) < 4.78 is 0. The predicted octanol–water partition coefficient (Wildman–Crippen LogP) is 4.41. The van der Waals surface area contributed by atoms with Crippen LogP contribution in [0.5, 0.6) is 0 Å². The van der Waals surface area contributed by atoms with Gasteiger partial charge in [-0.2, -0.15) is 11.3 Å². The molecule has 24 heavy (non-hydrogen) atoms. The van der Waals surface area contributed by atoms with Gasteiger partial charge in [0, 0.05) is 31.9 Å². The van der Waals surface area contributed by atoms with Gasteiger partial charge in [0.25, 0.3) is 5.91 Å². The summed E-state index contributed by atoms with van der Waals surface area (Å²) in [5.41, 5.74) is 5.24. The van der Waals surface area contributed by atoms with E-state index < -0.39 is 0 Å². The smallest absolute Gasteiger partial charge is 0.251 e. The Labute approximate surface area is 146 Å². The lowest BCUT2D eigenvalue weighted by molar-refractivity contribution is 0.0951. The summed E-state index contributed by atoms with van der Waals surface area (Å²) in [6.07, 6.45) is 0. The Hall–Kier alpha value is -2.59. The lowest BCUT2D eigenvalue weighted by Crippen LogP contribution is -2.23. The zero-order chi connectivity index (χ0) is 16.9. The van der Waals surface area contributed by atoms with Crippen LogP contribution >= 0.6 is 11.3 Å². The Bertz CT molecular complexity index is 808. The molecule has 0 unspecified atom stereocenters. The maximum absolute atomic E-state index is 12.4. The van der Waals surface area contributed by atoms with E-state index >= 15 is 0 Å². The van der Waals surface area contributed by atoms with Gasteiger partial charge in [-0.1, -0.05) is 24.3 Å². The topological polar surface area (TPSA) is 32.3 Å². The summed E-state index contributed by atoms with van der Waals surface area (Å²) in [6, 6.07) is 17.9. The van der Waals surface area contributed by atoms with Crippen LogP contribution in [0.15, 0.2) is 65.4 Å². The maximum Gasteiger partial charge on any atom is 0.251 e. The van der Waals surface area contributed by atoms with Crippen molar-refractivity contribution in [3.8, 4) is 11.1 Å². The van der Waals surface area contributed by atoms with E-state index in [9.17, 15) is 4.79 Å². The maximum atomic E-state index is 12.4. The lowest BCUT2D eigenvalue weighted by Gasteiger charge is -2.13. The first-order valence-corrected chi connectivity index (χ1v) is 8.75. The number of nitrogens with one attached hydrogen (secondary N) is 1. The van der Waals surface area contributed by atoms with Crippen molar-refractivity contribution in [1.29, 1.82) is 0 Å². The molecule has 0 spiro atoms. The molecule has 0 atom stereocenters. The molecule has 3 nitrogen and oxygen atoms in total. The second kappa shape index (κ2) is 7.32. The Morgan fingerprint density at radius 1 is 1.04 bits per heavy atom. The van der Waals surface area contributed by atoms with E-state index in [1.807, 2.05) is 55.4 Å². The highest BCUT2D eigenvalue weighted by Crippen LogP contribution is 2.25. The van der Waals surface area contributed by atoms with Gasteiger partial charge in [0.1, 0.15) is 0 Å². The molecule has 3 rings (SSSR count). The summed E-state index contributed by atoms with van der Waals surface area (Å²) >= 11 is 1.68. The van der Waals surface area contributed by atoms with Gasteiger partial charge in [0.15, 0.2) is 0 Å². The fourth-order valence-electron chi connectivity index (χ4n) is 2.56. The minimum atomic E-state index is -0.0552. The molecule has 122 valence electrons. The summed E-state index contributed by atoms with van der Waals surface area (Å²) in [6.45, 7) is 0.514. The zero-order valence-corrected chi connectivity index (χ0v) is 14.6. The highest BCUT2D eigenvalue weighted by atomic mass is 32.1. The number of thiophene rings is 1. The number of hydrogen-bond acceptors (Lipinski definition) is 3. The number of nitrogens with zero attached hydrogens (tertiary/aromatic N) is 1. The number of rotatable bonds is 5. The van der Waals surface area contributed by atoms with Crippen molar-refractivity contribution in [3.63, 3.8) is 0 Å². The van der Waals surface area contributed by atoms with Crippen LogP contribution in [-0.2, 0) is 6.54 Å². The molecule has 0 saturated carbocycles. The molecule has 0 aliphatic carbocycles. The number of carbonyl (C=O) groups is 1. The fourth-order valence-corrected chi connectivity index (χ4v) is 3.22. The van der Waals surface area contributed by atoms with Crippen LogP contribution in [0.2, 0.25) is 0 Å². The third-order valence-electron chi connectivity index (χ3n) is 3.93. The van der Waals surface area contributed by atoms with Gasteiger partial charge < -0.3 is 10.2 Å². The van der Waals surface area contributed by atoms with E-state index in [1.165, 1.54) is 11.1 Å². The van der Waals surface area contributed by atoms with Crippen LogP contribution in [-0.4, -0.2) is 20.0 Å². The van der Waals surface area contributed by atoms with E-state index in [0.717, 1.165) is 11.3 Å². The normalized spacial score (nSPS) is 10.4. The number of amides is 1. The van der Waals surface area contributed by atoms with Crippen LogP contribution in [0.25, 0.3) is 11.1 Å². The van der Waals surface area contributed by atoms with Crippen LogP contribution in [0.3, 0.4) is 0 Å². The third-order valence-corrected chi connectivity index (χ3v) is 4.62. The molecule has 1 aromatic heterocycles. The van der Waals surface area contributed by atoms with Crippen LogP contribution in [0.4, 0.5) is 5.69 Å². The lowest BCUT2D eigenvalue weighted by atomic mass is 10.0.